The Morgan fingerprint density at radius 2 is 1.69 bits per heavy atom. The van der Waals surface area contributed by atoms with E-state index in [0.717, 1.165) is 12.0 Å². The summed E-state index contributed by atoms with van der Waals surface area (Å²) in [5.41, 5.74) is 0.659. The second-order valence-electron chi connectivity index (χ2n) is 5.96. The van der Waals surface area contributed by atoms with Crippen LogP contribution >= 0.6 is 7.82 Å². The number of rotatable bonds is 10. The second kappa shape index (κ2) is 10.2. The number of amides is 1. The SMILES string of the molecule is CCCOc1cc(OC)c(C(=O)NCc2ccc(OC)cc2)c(OP(=O)(O)O)c1. The van der Waals surface area contributed by atoms with E-state index < -0.39 is 13.7 Å². The molecule has 0 heterocycles. The highest BCUT2D eigenvalue weighted by Gasteiger charge is 2.26. The number of hydrogen-bond donors (Lipinski definition) is 3. The number of nitrogens with one attached hydrogen (secondary N) is 1. The smallest absolute Gasteiger partial charge is 0.497 e. The number of phosphoric acid groups is 1. The maximum absolute atomic E-state index is 12.8. The number of methoxy groups -OCH3 is 2. The minimum Gasteiger partial charge on any atom is -0.497 e. The molecule has 0 aliphatic heterocycles. The molecule has 0 saturated heterocycles. The zero-order valence-electron chi connectivity index (χ0n) is 16.4. The summed E-state index contributed by atoms with van der Waals surface area (Å²) in [7, 11) is -2.03. The molecule has 0 aliphatic rings. The number of hydrogen-bond acceptors (Lipinski definition) is 6. The number of carbonyl (C=O) groups is 1. The zero-order chi connectivity index (χ0) is 21.4. The Labute approximate surface area is 168 Å². The van der Waals surface area contributed by atoms with Crippen LogP contribution in [0.3, 0.4) is 0 Å². The summed E-state index contributed by atoms with van der Waals surface area (Å²) in [4.78, 5) is 31.2. The first-order valence-corrected chi connectivity index (χ1v) is 10.3. The van der Waals surface area contributed by atoms with Crippen molar-refractivity contribution < 1.29 is 37.9 Å². The van der Waals surface area contributed by atoms with Crippen molar-refractivity contribution in [3.63, 3.8) is 0 Å². The lowest BCUT2D eigenvalue weighted by Gasteiger charge is -2.17. The Bertz CT molecular complexity index is 879. The molecular formula is C19H24NO8P. The van der Waals surface area contributed by atoms with Gasteiger partial charge in [0.05, 0.1) is 20.8 Å². The van der Waals surface area contributed by atoms with Gasteiger partial charge in [-0.05, 0) is 24.1 Å². The monoisotopic (exact) mass is 425 g/mol. The summed E-state index contributed by atoms with van der Waals surface area (Å²) in [6, 6.07) is 9.79. The van der Waals surface area contributed by atoms with E-state index >= 15 is 0 Å². The third-order valence-electron chi connectivity index (χ3n) is 3.79. The molecule has 0 fully saturated rings. The summed E-state index contributed by atoms with van der Waals surface area (Å²) < 4.78 is 31.9. The van der Waals surface area contributed by atoms with Crippen molar-refractivity contribution >= 4 is 13.7 Å². The largest absolute Gasteiger partial charge is 0.524 e. The number of carbonyl (C=O) groups excluding carboxylic acids is 1. The van der Waals surface area contributed by atoms with Crippen LogP contribution < -0.4 is 24.1 Å². The average molecular weight is 425 g/mol. The normalized spacial score (nSPS) is 10.9. The van der Waals surface area contributed by atoms with E-state index in [-0.39, 0.29) is 29.4 Å². The first-order valence-electron chi connectivity index (χ1n) is 8.78. The summed E-state index contributed by atoms with van der Waals surface area (Å²) in [5, 5.41) is 2.68. The van der Waals surface area contributed by atoms with E-state index in [0.29, 0.717) is 12.4 Å². The van der Waals surface area contributed by atoms with Crippen LogP contribution in [0.15, 0.2) is 36.4 Å². The molecule has 2 rings (SSSR count). The van der Waals surface area contributed by atoms with E-state index in [9.17, 15) is 19.1 Å². The number of phosphoric ester groups is 1. The van der Waals surface area contributed by atoms with Gasteiger partial charge >= 0.3 is 7.82 Å². The average Bonchev–Trinajstić information content (AvgIpc) is 2.69. The van der Waals surface area contributed by atoms with Crippen LogP contribution in [0.25, 0.3) is 0 Å². The molecule has 0 unspecified atom stereocenters. The Kier molecular flexibility index (Phi) is 7.90. The predicted molar refractivity (Wildman–Crippen MR) is 106 cm³/mol. The highest BCUT2D eigenvalue weighted by atomic mass is 31.2. The molecule has 0 radical (unpaired) electrons. The van der Waals surface area contributed by atoms with Gasteiger partial charge in [0.15, 0.2) is 5.75 Å². The van der Waals surface area contributed by atoms with Gasteiger partial charge in [-0.25, -0.2) is 4.57 Å². The fraction of sp³-hybridized carbons (Fsp3) is 0.316. The molecule has 2 aromatic rings. The van der Waals surface area contributed by atoms with Gasteiger partial charge in [-0.15, -0.1) is 0 Å². The first-order chi connectivity index (χ1) is 13.8. The molecule has 0 aliphatic carbocycles. The molecule has 0 aromatic heterocycles. The topological polar surface area (TPSA) is 124 Å². The van der Waals surface area contributed by atoms with E-state index in [1.54, 1.807) is 31.4 Å². The molecule has 2 aromatic carbocycles. The van der Waals surface area contributed by atoms with Gasteiger partial charge in [-0.1, -0.05) is 19.1 Å². The Hall–Kier alpha value is -2.74. The van der Waals surface area contributed by atoms with Crippen molar-refractivity contribution in [1.82, 2.24) is 5.32 Å². The number of benzene rings is 2. The van der Waals surface area contributed by atoms with E-state index in [1.165, 1.54) is 19.2 Å². The minimum atomic E-state index is -4.92. The predicted octanol–water partition coefficient (Wildman–Crippen LogP) is 2.89. The summed E-state index contributed by atoms with van der Waals surface area (Å²) >= 11 is 0. The Balaban J connectivity index is 2.31. The van der Waals surface area contributed by atoms with Crippen LogP contribution in [0.4, 0.5) is 0 Å². The molecule has 9 nitrogen and oxygen atoms in total. The molecule has 0 spiro atoms. The summed E-state index contributed by atoms with van der Waals surface area (Å²) in [5.74, 6) is 0.0501. The van der Waals surface area contributed by atoms with Gasteiger partial charge in [0.1, 0.15) is 22.8 Å². The molecule has 1 amide bonds. The molecule has 0 saturated carbocycles. The molecule has 3 N–H and O–H groups in total. The van der Waals surface area contributed by atoms with E-state index in [1.807, 2.05) is 6.92 Å². The van der Waals surface area contributed by atoms with Crippen molar-refractivity contribution in [1.29, 1.82) is 0 Å². The standard InChI is InChI=1S/C19H24NO8P/c1-4-9-27-15-10-16(26-3)18(17(11-15)28-29(22,23)24)19(21)20-12-13-5-7-14(25-2)8-6-13/h5-8,10-11H,4,9,12H2,1-3H3,(H,20,21)(H2,22,23,24). The molecule has 29 heavy (non-hydrogen) atoms. The summed E-state index contributed by atoms with van der Waals surface area (Å²) in [6.07, 6.45) is 0.723. The van der Waals surface area contributed by atoms with Crippen LogP contribution in [-0.2, 0) is 11.1 Å². The van der Waals surface area contributed by atoms with Gasteiger partial charge in [-0.3, -0.25) is 14.6 Å². The van der Waals surface area contributed by atoms with Crippen LogP contribution in [0.5, 0.6) is 23.0 Å². The van der Waals surface area contributed by atoms with Crippen LogP contribution in [0.1, 0.15) is 29.3 Å². The van der Waals surface area contributed by atoms with Crippen molar-refractivity contribution in [3.05, 3.63) is 47.5 Å². The van der Waals surface area contributed by atoms with E-state index in [4.69, 9.17) is 18.7 Å². The molecule has 0 atom stereocenters. The third kappa shape index (κ3) is 6.67. The van der Waals surface area contributed by atoms with Crippen LogP contribution in [-0.4, -0.2) is 36.5 Å². The second-order valence-corrected chi connectivity index (χ2v) is 7.12. The maximum Gasteiger partial charge on any atom is 0.524 e. The first kappa shape index (κ1) is 22.5. The Morgan fingerprint density at radius 3 is 2.24 bits per heavy atom. The minimum absolute atomic E-state index is 0.0642. The van der Waals surface area contributed by atoms with Crippen molar-refractivity contribution in [2.75, 3.05) is 20.8 Å². The molecule has 158 valence electrons. The highest BCUT2D eigenvalue weighted by Crippen LogP contribution is 2.43. The lowest BCUT2D eigenvalue weighted by atomic mass is 10.1. The van der Waals surface area contributed by atoms with Crippen LogP contribution in [0, 0.1) is 0 Å². The van der Waals surface area contributed by atoms with Crippen LogP contribution in [0.2, 0.25) is 0 Å². The van der Waals surface area contributed by atoms with E-state index in [2.05, 4.69) is 5.32 Å². The van der Waals surface area contributed by atoms with Gasteiger partial charge in [-0.2, -0.15) is 0 Å². The molecule has 10 heteroatoms. The fourth-order valence-electron chi connectivity index (χ4n) is 2.47. The molecular weight excluding hydrogens is 401 g/mol. The number of ether oxygens (including phenoxy) is 3. The lowest BCUT2D eigenvalue weighted by Crippen LogP contribution is -2.24. The quantitative estimate of drug-likeness (QED) is 0.497. The van der Waals surface area contributed by atoms with Gasteiger partial charge in [0.2, 0.25) is 0 Å². The third-order valence-corrected chi connectivity index (χ3v) is 4.22. The zero-order valence-corrected chi connectivity index (χ0v) is 17.3. The Morgan fingerprint density at radius 1 is 1.03 bits per heavy atom. The maximum atomic E-state index is 12.8. The van der Waals surface area contributed by atoms with Crippen molar-refractivity contribution in [3.8, 4) is 23.0 Å². The highest BCUT2D eigenvalue weighted by molar-refractivity contribution is 7.46. The van der Waals surface area contributed by atoms with Gasteiger partial charge in [0.25, 0.3) is 5.91 Å². The lowest BCUT2D eigenvalue weighted by molar-refractivity contribution is 0.0945. The summed E-state index contributed by atoms with van der Waals surface area (Å²) in [6.45, 7) is 2.46. The fourth-order valence-corrected chi connectivity index (χ4v) is 2.87. The van der Waals surface area contributed by atoms with Gasteiger partial charge in [0, 0.05) is 18.7 Å². The van der Waals surface area contributed by atoms with Crippen molar-refractivity contribution in [2.24, 2.45) is 0 Å². The van der Waals surface area contributed by atoms with Gasteiger partial charge < -0.3 is 24.1 Å². The molecule has 0 bridgehead atoms. The van der Waals surface area contributed by atoms with Crippen molar-refractivity contribution in [2.45, 2.75) is 19.9 Å².